The van der Waals surface area contributed by atoms with E-state index in [-0.39, 0.29) is 22.4 Å². The summed E-state index contributed by atoms with van der Waals surface area (Å²) in [7, 11) is 0. The van der Waals surface area contributed by atoms with E-state index in [9.17, 15) is 9.59 Å². The minimum Gasteiger partial charge on any atom is -0.354 e. The number of nitrogens with one attached hydrogen (secondary N) is 4. The molecule has 9 heteroatoms. The van der Waals surface area contributed by atoms with E-state index in [1.165, 1.54) is 0 Å². The first kappa shape index (κ1) is 20.8. The van der Waals surface area contributed by atoms with Crippen LogP contribution in [0.25, 0.3) is 0 Å². The number of anilines is 2. The molecule has 0 bridgehead atoms. The van der Waals surface area contributed by atoms with Crippen molar-refractivity contribution >= 4 is 40.9 Å². The van der Waals surface area contributed by atoms with Gasteiger partial charge in [0.15, 0.2) is 5.96 Å². The Balaban J connectivity index is 1.39. The van der Waals surface area contributed by atoms with Gasteiger partial charge < -0.3 is 21.3 Å². The summed E-state index contributed by atoms with van der Waals surface area (Å²) in [6, 6.07) is 7.11. The number of hydrogen-bond donors (Lipinski definition) is 4. The molecule has 8 nitrogen and oxygen atoms in total. The Labute approximate surface area is 191 Å². The summed E-state index contributed by atoms with van der Waals surface area (Å²) in [5.74, 6) is 0.814. The molecule has 0 unspecified atom stereocenters. The largest absolute Gasteiger partial charge is 0.354 e. The third-order valence-corrected chi connectivity index (χ3v) is 6.42. The smallest absolute Gasteiger partial charge is 0.280 e. The van der Waals surface area contributed by atoms with Crippen molar-refractivity contribution in [2.75, 3.05) is 18.4 Å². The molecule has 5 rings (SSSR count). The lowest BCUT2D eigenvalue weighted by atomic mass is 10.0. The molecule has 1 aromatic heterocycles. The number of rotatable bonds is 6. The maximum Gasteiger partial charge on any atom is 0.280 e. The summed E-state index contributed by atoms with van der Waals surface area (Å²) in [6.07, 6.45) is 5.64. The summed E-state index contributed by atoms with van der Waals surface area (Å²) in [6.45, 7) is 3.53. The third kappa shape index (κ3) is 4.41. The summed E-state index contributed by atoms with van der Waals surface area (Å²) >= 11 is 6.56. The average molecular weight is 453 g/mol. The maximum atomic E-state index is 12.7. The average Bonchev–Trinajstić information content (AvgIpc) is 3.69. The van der Waals surface area contributed by atoms with Crippen molar-refractivity contribution in [3.8, 4) is 0 Å². The van der Waals surface area contributed by atoms with Gasteiger partial charge in [0.2, 0.25) is 0 Å². The van der Waals surface area contributed by atoms with Crippen molar-refractivity contribution in [3.05, 3.63) is 52.2 Å². The highest BCUT2D eigenvalue weighted by molar-refractivity contribution is 6.36. The zero-order valence-electron chi connectivity index (χ0n) is 17.8. The first-order chi connectivity index (χ1) is 15.4. The topological polar surface area (TPSA) is 108 Å². The van der Waals surface area contributed by atoms with Crippen LogP contribution in [0.4, 0.5) is 11.5 Å². The Kier molecular flexibility index (Phi) is 5.25. The van der Waals surface area contributed by atoms with Crippen LogP contribution in [0.3, 0.4) is 0 Å². The van der Waals surface area contributed by atoms with Gasteiger partial charge in [0.05, 0.1) is 10.6 Å². The van der Waals surface area contributed by atoms with Gasteiger partial charge in [-0.15, -0.1) is 0 Å². The number of benzene rings is 1. The first-order valence-corrected chi connectivity index (χ1v) is 11.3. The summed E-state index contributed by atoms with van der Waals surface area (Å²) in [4.78, 5) is 33.7. The van der Waals surface area contributed by atoms with Crippen LogP contribution in [0.5, 0.6) is 0 Å². The highest BCUT2D eigenvalue weighted by atomic mass is 35.5. The van der Waals surface area contributed by atoms with Gasteiger partial charge in [-0.25, -0.2) is 4.98 Å². The van der Waals surface area contributed by atoms with Crippen LogP contribution in [-0.4, -0.2) is 41.4 Å². The molecule has 2 saturated carbocycles. The second-order valence-electron chi connectivity index (χ2n) is 8.86. The normalized spacial score (nSPS) is 18.4. The fourth-order valence-electron chi connectivity index (χ4n) is 3.70. The molecule has 2 heterocycles. The van der Waals surface area contributed by atoms with Gasteiger partial charge >= 0.3 is 0 Å². The second-order valence-corrected chi connectivity index (χ2v) is 9.23. The van der Waals surface area contributed by atoms with Gasteiger partial charge in [-0.05, 0) is 68.4 Å². The molecule has 0 atom stereocenters. The molecule has 1 aliphatic heterocycles. The molecule has 3 fully saturated rings. The van der Waals surface area contributed by atoms with Crippen LogP contribution in [0, 0.1) is 0 Å². The number of hydrogen-bond acceptors (Lipinski definition) is 4. The zero-order valence-corrected chi connectivity index (χ0v) is 18.6. The molecule has 166 valence electrons. The summed E-state index contributed by atoms with van der Waals surface area (Å²) in [5.41, 5.74) is 2.65. The molecular weight excluding hydrogens is 428 g/mol. The van der Waals surface area contributed by atoms with Crippen LogP contribution >= 0.6 is 11.6 Å². The highest BCUT2D eigenvalue weighted by Crippen LogP contribution is 2.45. The lowest BCUT2D eigenvalue weighted by molar-refractivity contribution is 0.0934. The van der Waals surface area contributed by atoms with Crippen molar-refractivity contribution in [2.45, 2.75) is 44.1 Å². The lowest BCUT2D eigenvalue weighted by Gasteiger charge is -2.16. The number of guanidine groups is 1. The number of pyridine rings is 1. The van der Waals surface area contributed by atoms with E-state index >= 15 is 0 Å². The summed E-state index contributed by atoms with van der Waals surface area (Å²) < 4.78 is 0. The van der Waals surface area contributed by atoms with Crippen LogP contribution in [0.2, 0.25) is 5.02 Å². The minimum absolute atomic E-state index is 0.133. The number of aliphatic imine (C=N–C) groups is 1. The van der Waals surface area contributed by atoms with E-state index in [4.69, 9.17) is 11.6 Å². The van der Waals surface area contributed by atoms with E-state index in [0.717, 1.165) is 50.0 Å². The molecule has 32 heavy (non-hydrogen) atoms. The Morgan fingerprint density at radius 1 is 1.19 bits per heavy atom. The molecular formula is C23H25ClN6O2. The van der Waals surface area contributed by atoms with Crippen molar-refractivity contribution in [1.29, 1.82) is 0 Å². The SMILES string of the molecule is CC1(NC(=O)c2ccnc(Nc3ccc(C(=O)N=C4NCCN4)cc3C3CC3)c2Cl)CC1. The van der Waals surface area contributed by atoms with Crippen molar-refractivity contribution in [1.82, 2.24) is 20.9 Å². The first-order valence-electron chi connectivity index (χ1n) is 10.9. The van der Waals surface area contributed by atoms with E-state index in [1.54, 1.807) is 18.3 Å². The zero-order chi connectivity index (χ0) is 22.3. The molecule has 1 saturated heterocycles. The van der Waals surface area contributed by atoms with Crippen LogP contribution in [-0.2, 0) is 0 Å². The van der Waals surface area contributed by atoms with Crippen molar-refractivity contribution in [2.24, 2.45) is 4.99 Å². The molecule has 0 radical (unpaired) electrons. The molecule has 4 N–H and O–H groups in total. The molecule has 1 aromatic carbocycles. The minimum atomic E-state index is -0.293. The molecule has 2 aliphatic carbocycles. The maximum absolute atomic E-state index is 12.7. The van der Waals surface area contributed by atoms with Crippen molar-refractivity contribution < 1.29 is 9.59 Å². The van der Waals surface area contributed by atoms with Crippen molar-refractivity contribution in [3.63, 3.8) is 0 Å². The molecule has 3 aliphatic rings. The Bertz CT molecular complexity index is 1120. The van der Waals surface area contributed by atoms with E-state index < -0.39 is 0 Å². The van der Waals surface area contributed by atoms with Gasteiger partial charge in [-0.3, -0.25) is 9.59 Å². The fraction of sp³-hybridized carbons (Fsp3) is 0.391. The fourth-order valence-corrected chi connectivity index (χ4v) is 3.94. The van der Waals surface area contributed by atoms with E-state index in [1.807, 2.05) is 19.1 Å². The number of amides is 2. The Morgan fingerprint density at radius 2 is 1.94 bits per heavy atom. The number of halogens is 1. The quantitative estimate of drug-likeness (QED) is 0.535. The number of carbonyl (C=O) groups excluding carboxylic acids is 2. The molecule has 0 spiro atoms. The predicted molar refractivity (Wildman–Crippen MR) is 124 cm³/mol. The van der Waals surface area contributed by atoms with Crippen LogP contribution in [0.15, 0.2) is 35.5 Å². The van der Waals surface area contributed by atoms with E-state index in [0.29, 0.717) is 28.8 Å². The number of carbonyl (C=O) groups is 2. The van der Waals surface area contributed by atoms with Gasteiger partial charge in [0, 0.05) is 36.1 Å². The monoisotopic (exact) mass is 452 g/mol. The van der Waals surface area contributed by atoms with Gasteiger partial charge in [0.1, 0.15) is 5.82 Å². The molecule has 2 aromatic rings. The Morgan fingerprint density at radius 3 is 2.62 bits per heavy atom. The summed E-state index contributed by atoms with van der Waals surface area (Å²) in [5, 5.41) is 12.7. The third-order valence-electron chi connectivity index (χ3n) is 6.04. The van der Waals surface area contributed by atoms with E-state index in [2.05, 4.69) is 31.2 Å². The number of aromatic nitrogens is 1. The Hall–Kier alpha value is -3.13. The second kappa shape index (κ2) is 8.09. The molecule has 2 amide bonds. The van der Waals surface area contributed by atoms with Gasteiger partial charge in [-0.2, -0.15) is 4.99 Å². The van der Waals surface area contributed by atoms with Crippen LogP contribution < -0.4 is 21.3 Å². The lowest BCUT2D eigenvalue weighted by Crippen LogP contribution is -2.34. The number of nitrogens with zero attached hydrogens (tertiary/aromatic N) is 2. The van der Waals surface area contributed by atoms with Gasteiger partial charge in [0.25, 0.3) is 11.8 Å². The highest BCUT2D eigenvalue weighted by Gasteiger charge is 2.39. The standard InChI is InChI=1S/C23H25ClN6O2/c1-23(7-8-23)30-21(32)15-6-9-25-19(18(15)24)28-17-5-4-14(12-16(17)13-2-3-13)20(31)29-22-26-10-11-27-22/h4-6,9,12-13H,2-3,7-8,10-11H2,1H3,(H,25,28)(H,30,32)(H2,26,27,29,31). The van der Waals surface area contributed by atoms with Crippen LogP contribution in [0.1, 0.15) is 64.8 Å². The predicted octanol–water partition coefficient (Wildman–Crippen LogP) is 3.33. The van der Waals surface area contributed by atoms with Gasteiger partial charge in [-0.1, -0.05) is 11.6 Å².